The van der Waals surface area contributed by atoms with Crippen molar-refractivity contribution in [1.82, 2.24) is 4.98 Å². The van der Waals surface area contributed by atoms with Crippen LogP contribution in [0.2, 0.25) is 0 Å². The Kier molecular flexibility index (Phi) is 4.05. The second-order valence-electron chi connectivity index (χ2n) is 4.94. The van der Waals surface area contributed by atoms with E-state index in [2.05, 4.69) is 38.9 Å². The quantitative estimate of drug-likeness (QED) is 0.913. The maximum Gasteiger partial charge on any atom is 0.142 e. The second-order valence-corrected chi connectivity index (χ2v) is 5.80. The first-order valence-electron chi connectivity index (χ1n) is 6.20. The molecule has 0 saturated heterocycles. The highest BCUT2D eigenvalue weighted by Gasteiger charge is 2.27. The summed E-state index contributed by atoms with van der Waals surface area (Å²) in [5.41, 5.74) is 7.38. The summed E-state index contributed by atoms with van der Waals surface area (Å²) in [7, 11) is 2.10. The zero-order valence-corrected chi connectivity index (χ0v) is 12.1. The van der Waals surface area contributed by atoms with Crippen LogP contribution in [-0.2, 0) is 0 Å². The molecule has 0 bridgehead atoms. The van der Waals surface area contributed by atoms with Gasteiger partial charge in [0, 0.05) is 25.3 Å². The van der Waals surface area contributed by atoms with E-state index in [1.54, 1.807) is 0 Å². The molecule has 1 saturated carbocycles. The topological polar surface area (TPSA) is 42.2 Å². The maximum absolute atomic E-state index is 6.21. The lowest BCUT2D eigenvalue weighted by molar-refractivity contribution is 0.372. The molecule has 1 aliphatic rings. The van der Waals surface area contributed by atoms with Gasteiger partial charge in [-0.25, -0.2) is 4.98 Å². The number of anilines is 1. The van der Waals surface area contributed by atoms with E-state index in [9.17, 15) is 0 Å². The van der Waals surface area contributed by atoms with Gasteiger partial charge in [0.25, 0.3) is 0 Å². The summed E-state index contributed by atoms with van der Waals surface area (Å²) in [6.07, 6.45) is 6.73. The highest BCUT2D eigenvalue weighted by atomic mass is 79.9. The molecule has 1 fully saturated rings. The normalized spacial score (nSPS) is 24.7. The van der Waals surface area contributed by atoms with Gasteiger partial charge in [0.05, 0.1) is 4.47 Å². The summed E-state index contributed by atoms with van der Waals surface area (Å²) in [5.74, 6) is 0.998. The fraction of sp³-hybridized carbons (Fsp3) is 0.615. The van der Waals surface area contributed by atoms with Gasteiger partial charge in [-0.2, -0.15) is 0 Å². The number of likely N-dealkylation sites (N-methyl/N-ethyl adjacent to an activating group) is 1. The van der Waals surface area contributed by atoms with E-state index >= 15 is 0 Å². The Morgan fingerprint density at radius 2 is 2.12 bits per heavy atom. The Bertz CT molecular complexity index is 394. The van der Waals surface area contributed by atoms with Gasteiger partial charge in [-0.05, 0) is 47.3 Å². The van der Waals surface area contributed by atoms with Crippen LogP contribution in [0.4, 0.5) is 5.82 Å². The third-order valence-electron chi connectivity index (χ3n) is 3.57. The van der Waals surface area contributed by atoms with E-state index < -0.39 is 0 Å². The van der Waals surface area contributed by atoms with Crippen LogP contribution in [0.5, 0.6) is 0 Å². The molecule has 2 atom stereocenters. The average Bonchev–Trinajstić information content (AvgIpc) is 2.29. The first kappa shape index (κ1) is 12.8. The first-order chi connectivity index (χ1) is 8.09. The lowest BCUT2D eigenvalue weighted by atomic mass is 9.90. The number of nitrogens with zero attached hydrogens (tertiary/aromatic N) is 2. The number of hydrogen-bond acceptors (Lipinski definition) is 3. The number of rotatable bonds is 2. The molecule has 2 unspecified atom stereocenters. The third-order valence-corrected chi connectivity index (χ3v) is 4.16. The molecule has 0 aromatic carbocycles. The largest absolute Gasteiger partial charge is 0.354 e. The lowest BCUT2D eigenvalue weighted by Crippen LogP contribution is -2.48. The van der Waals surface area contributed by atoms with Gasteiger partial charge in [-0.1, -0.05) is 12.8 Å². The molecule has 1 aromatic rings. The van der Waals surface area contributed by atoms with Gasteiger partial charge in [0.2, 0.25) is 0 Å². The lowest BCUT2D eigenvalue weighted by Gasteiger charge is -2.37. The summed E-state index contributed by atoms with van der Waals surface area (Å²) >= 11 is 3.59. The molecule has 1 aliphatic carbocycles. The molecule has 94 valence electrons. The minimum absolute atomic E-state index is 0.267. The predicted molar refractivity (Wildman–Crippen MR) is 75.3 cm³/mol. The fourth-order valence-electron chi connectivity index (χ4n) is 2.56. The highest BCUT2D eigenvalue weighted by molar-refractivity contribution is 9.10. The molecule has 0 spiro atoms. The van der Waals surface area contributed by atoms with Crippen LogP contribution in [0.15, 0.2) is 16.7 Å². The van der Waals surface area contributed by atoms with Gasteiger partial charge in [0.15, 0.2) is 0 Å². The second kappa shape index (κ2) is 5.36. The van der Waals surface area contributed by atoms with Crippen LogP contribution in [0.25, 0.3) is 0 Å². The van der Waals surface area contributed by atoms with Crippen molar-refractivity contribution in [2.45, 2.75) is 44.7 Å². The molecule has 17 heavy (non-hydrogen) atoms. The zero-order valence-electron chi connectivity index (χ0n) is 10.5. The van der Waals surface area contributed by atoms with Crippen LogP contribution in [0.3, 0.4) is 0 Å². The average molecular weight is 298 g/mol. The van der Waals surface area contributed by atoms with Crippen molar-refractivity contribution in [3.8, 4) is 0 Å². The van der Waals surface area contributed by atoms with Gasteiger partial charge >= 0.3 is 0 Å². The Labute approximate surface area is 112 Å². The van der Waals surface area contributed by atoms with E-state index in [0.29, 0.717) is 6.04 Å². The van der Waals surface area contributed by atoms with Crippen molar-refractivity contribution in [2.75, 3.05) is 11.9 Å². The van der Waals surface area contributed by atoms with Crippen molar-refractivity contribution in [3.05, 3.63) is 22.3 Å². The molecule has 0 aliphatic heterocycles. The number of aromatic nitrogens is 1. The van der Waals surface area contributed by atoms with Crippen LogP contribution in [-0.4, -0.2) is 24.1 Å². The molecule has 2 rings (SSSR count). The zero-order chi connectivity index (χ0) is 12.4. The Morgan fingerprint density at radius 3 is 2.76 bits per heavy atom. The summed E-state index contributed by atoms with van der Waals surface area (Å²) in [4.78, 5) is 6.74. The van der Waals surface area contributed by atoms with Crippen molar-refractivity contribution >= 4 is 21.7 Å². The number of halogens is 1. The predicted octanol–water partition coefficient (Wildman–Crippen LogP) is 2.86. The van der Waals surface area contributed by atoms with Gasteiger partial charge in [0.1, 0.15) is 5.82 Å². The number of aryl methyl sites for hydroxylation is 1. The molecule has 3 nitrogen and oxygen atoms in total. The summed E-state index contributed by atoms with van der Waals surface area (Å²) in [6.45, 7) is 2.05. The minimum Gasteiger partial charge on any atom is -0.354 e. The van der Waals surface area contributed by atoms with Crippen LogP contribution in [0, 0.1) is 6.92 Å². The van der Waals surface area contributed by atoms with Gasteiger partial charge in [-0.3, -0.25) is 0 Å². The van der Waals surface area contributed by atoms with Crippen LogP contribution in [0.1, 0.15) is 31.2 Å². The smallest absolute Gasteiger partial charge is 0.142 e. The first-order valence-corrected chi connectivity index (χ1v) is 6.99. The van der Waals surface area contributed by atoms with E-state index in [1.807, 2.05) is 13.1 Å². The highest BCUT2D eigenvalue weighted by Crippen LogP contribution is 2.29. The monoisotopic (exact) mass is 297 g/mol. The van der Waals surface area contributed by atoms with E-state index in [0.717, 1.165) is 16.7 Å². The molecule has 4 heteroatoms. The maximum atomic E-state index is 6.21. The third kappa shape index (κ3) is 2.80. The Balaban J connectivity index is 2.20. The summed E-state index contributed by atoms with van der Waals surface area (Å²) in [5, 5.41) is 0. The minimum atomic E-state index is 0.267. The Morgan fingerprint density at radius 1 is 1.41 bits per heavy atom. The molecule has 2 N–H and O–H groups in total. The number of hydrogen-bond donors (Lipinski definition) is 1. The molecule has 1 heterocycles. The van der Waals surface area contributed by atoms with Gasteiger partial charge in [-0.15, -0.1) is 0 Å². The molecule has 0 radical (unpaired) electrons. The van der Waals surface area contributed by atoms with Crippen molar-refractivity contribution in [2.24, 2.45) is 5.73 Å². The molecular formula is C13H20BrN3. The van der Waals surface area contributed by atoms with E-state index in [4.69, 9.17) is 5.73 Å². The number of pyridine rings is 1. The van der Waals surface area contributed by atoms with E-state index in [1.165, 1.54) is 24.8 Å². The van der Waals surface area contributed by atoms with Crippen molar-refractivity contribution in [3.63, 3.8) is 0 Å². The molecular weight excluding hydrogens is 278 g/mol. The van der Waals surface area contributed by atoms with Crippen molar-refractivity contribution < 1.29 is 0 Å². The molecule has 1 aromatic heterocycles. The standard InChI is InChI=1S/C13H20BrN3/c1-9-7-10(14)13(16-8-9)17(2)12-6-4-3-5-11(12)15/h7-8,11-12H,3-6,15H2,1-2H3. The van der Waals surface area contributed by atoms with Gasteiger partial charge < -0.3 is 10.6 Å². The fourth-order valence-corrected chi connectivity index (χ4v) is 3.31. The van der Waals surface area contributed by atoms with Crippen LogP contribution < -0.4 is 10.6 Å². The summed E-state index contributed by atoms with van der Waals surface area (Å²) < 4.78 is 1.05. The SMILES string of the molecule is Cc1cnc(N(C)C2CCCCC2N)c(Br)c1. The summed E-state index contributed by atoms with van der Waals surface area (Å²) in [6, 6.07) is 2.78. The van der Waals surface area contributed by atoms with Crippen LogP contribution >= 0.6 is 15.9 Å². The number of nitrogens with two attached hydrogens (primary N) is 1. The molecule has 0 amide bonds. The van der Waals surface area contributed by atoms with Crippen molar-refractivity contribution in [1.29, 1.82) is 0 Å². The van der Waals surface area contributed by atoms with E-state index in [-0.39, 0.29) is 6.04 Å². The Hall–Kier alpha value is -0.610.